The van der Waals surface area contributed by atoms with E-state index in [0.717, 1.165) is 20.7 Å². The van der Waals surface area contributed by atoms with Gasteiger partial charge in [0.2, 0.25) is 0 Å². The van der Waals surface area contributed by atoms with Crippen molar-refractivity contribution in [3.05, 3.63) is 44.9 Å². The summed E-state index contributed by atoms with van der Waals surface area (Å²) < 4.78 is 0. The van der Waals surface area contributed by atoms with Gasteiger partial charge in [0.1, 0.15) is 9.98 Å². The van der Waals surface area contributed by atoms with Gasteiger partial charge in [-0.05, 0) is 33.8 Å². The molecule has 0 bridgehead atoms. The van der Waals surface area contributed by atoms with Crippen molar-refractivity contribution >= 4 is 55.8 Å². The predicted octanol–water partition coefficient (Wildman–Crippen LogP) is 5.80. The van der Waals surface area contributed by atoms with Crippen LogP contribution >= 0.6 is 45.6 Å². The summed E-state index contributed by atoms with van der Waals surface area (Å²) >= 11 is 11.3. The molecule has 0 aliphatic rings. The van der Waals surface area contributed by atoms with Crippen molar-refractivity contribution in [2.24, 2.45) is 0 Å². The van der Waals surface area contributed by atoms with Crippen LogP contribution in [0.1, 0.15) is 0 Å². The molecule has 4 aromatic heterocycles. The Bertz CT molecular complexity index is 864. The first-order chi connectivity index (χ1) is 9.83. The van der Waals surface area contributed by atoms with E-state index in [4.69, 9.17) is 11.6 Å². The maximum atomic E-state index is 6.41. The molecule has 2 nitrogen and oxygen atoms in total. The lowest BCUT2D eigenvalue weighted by Crippen LogP contribution is -1.88. The van der Waals surface area contributed by atoms with Crippen LogP contribution in [0.2, 0.25) is 5.15 Å². The van der Waals surface area contributed by atoms with Crippen LogP contribution in [-0.4, -0.2) is 9.97 Å². The Morgan fingerprint density at radius 1 is 1.00 bits per heavy atom. The third-order valence-corrected chi connectivity index (χ3v) is 5.66. The zero-order chi connectivity index (χ0) is 13.5. The highest BCUT2D eigenvalue weighted by Gasteiger charge is 2.15. The van der Waals surface area contributed by atoms with Crippen molar-refractivity contribution in [1.82, 2.24) is 9.97 Å². The lowest BCUT2D eigenvalue weighted by molar-refractivity contribution is 1.25. The highest BCUT2D eigenvalue weighted by molar-refractivity contribution is 7.17. The SMILES string of the molecule is Clc1nc(-c2cccs2)nc2scc(-c3ccsc3)c12. The Hall–Kier alpha value is -1.27. The van der Waals surface area contributed by atoms with Gasteiger partial charge in [-0.25, -0.2) is 9.97 Å². The fourth-order valence-corrected chi connectivity index (χ4v) is 4.63. The smallest absolute Gasteiger partial charge is 0.172 e. The van der Waals surface area contributed by atoms with Crippen molar-refractivity contribution in [1.29, 1.82) is 0 Å². The summed E-state index contributed by atoms with van der Waals surface area (Å²) in [5.74, 6) is 0.705. The average Bonchev–Trinajstić information content (AvgIpc) is 3.19. The Morgan fingerprint density at radius 3 is 2.70 bits per heavy atom. The van der Waals surface area contributed by atoms with Crippen molar-refractivity contribution in [2.45, 2.75) is 0 Å². The van der Waals surface area contributed by atoms with Crippen molar-refractivity contribution in [3.63, 3.8) is 0 Å². The number of aromatic nitrogens is 2. The predicted molar refractivity (Wildman–Crippen MR) is 89.1 cm³/mol. The monoisotopic (exact) mass is 334 g/mol. The molecule has 0 saturated heterocycles. The summed E-state index contributed by atoms with van der Waals surface area (Å²) in [6.07, 6.45) is 0. The highest BCUT2D eigenvalue weighted by Crippen LogP contribution is 2.38. The van der Waals surface area contributed by atoms with Crippen molar-refractivity contribution < 1.29 is 0 Å². The molecule has 0 saturated carbocycles. The molecule has 0 spiro atoms. The fraction of sp³-hybridized carbons (Fsp3) is 0. The molecule has 4 aromatic rings. The van der Waals surface area contributed by atoms with Crippen molar-refractivity contribution in [3.8, 4) is 21.8 Å². The third kappa shape index (κ3) is 1.98. The van der Waals surface area contributed by atoms with Crippen LogP contribution in [0.3, 0.4) is 0 Å². The van der Waals surface area contributed by atoms with E-state index in [0.29, 0.717) is 11.0 Å². The van der Waals surface area contributed by atoms with Crippen molar-refractivity contribution in [2.75, 3.05) is 0 Å². The Kier molecular flexibility index (Phi) is 3.07. The molecular weight excluding hydrogens is 328 g/mol. The fourth-order valence-electron chi connectivity index (χ4n) is 2.05. The van der Waals surface area contributed by atoms with Gasteiger partial charge in [-0.2, -0.15) is 11.3 Å². The minimum absolute atomic E-state index is 0.529. The van der Waals surface area contributed by atoms with Gasteiger partial charge in [0.25, 0.3) is 0 Å². The van der Waals surface area contributed by atoms with E-state index in [9.17, 15) is 0 Å². The molecule has 0 unspecified atom stereocenters. The summed E-state index contributed by atoms with van der Waals surface area (Å²) in [4.78, 5) is 11.1. The molecule has 0 amide bonds. The first-order valence-corrected chi connectivity index (χ1v) is 8.92. The van der Waals surface area contributed by atoms with Gasteiger partial charge in [-0.3, -0.25) is 0 Å². The van der Waals surface area contributed by atoms with Gasteiger partial charge < -0.3 is 0 Å². The lowest BCUT2D eigenvalue weighted by atomic mass is 10.1. The first kappa shape index (κ1) is 12.5. The topological polar surface area (TPSA) is 25.8 Å². The maximum Gasteiger partial charge on any atom is 0.172 e. The molecule has 0 aromatic carbocycles. The van der Waals surface area contributed by atoms with Gasteiger partial charge in [0, 0.05) is 10.9 Å². The minimum atomic E-state index is 0.529. The molecule has 0 aliphatic carbocycles. The molecule has 0 radical (unpaired) electrons. The number of hydrogen-bond donors (Lipinski definition) is 0. The molecule has 0 fully saturated rings. The molecule has 0 aliphatic heterocycles. The van der Waals surface area contributed by atoms with Gasteiger partial charge in [-0.15, -0.1) is 22.7 Å². The molecule has 20 heavy (non-hydrogen) atoms. The molecule has 6 heteroatoms. The highest BCUT2D eigenvalue weighted by atomic mass is 35.5. The van der Waals surface area contributed by atoms with E-state index < -0.39 is 0 Å². The quantitative estimate of drug-likeness (QED) is 0.433. The van der Waals surface area contributed by atoms with E-state index in [1.54, 1.807) is 34.0 Å². The van der Waals surface area contributed by atoms with Gasteiger partial charge in [0.05, 0.1) is 10.3 Å². The maximum absolute atomic E-state index is 6.41. The van der Waals surface area contributed by atoms with E-state index >= 15 is 0 Å². The third-order valence-electron chi connectivity index (χ3n) is 2.96. The summed E-state index contributed by atoms with van der Waals surface area (Å²) in [7, 11) is 0. The van der Waals surface area contributed by atoms with Gasteiger partial charge in [-0.1, -0.05) is 17.7 Å². The number of thiophene rings is 3. The number of fused-ring (bicyclic) bond motifs is 1. The summed E-state index contributed by atoms with van der Waals surface area (Å²) in [6, 6.07) is 6.10. The van der Waals surface area contributed by atoms with Crippen LogP contribution in [0.25, 0.3) is 32.0 Å². The van der Waals surface area contributed by atoms with E-state index in [1.807, 2.05) is 17.5 Å². The molecular formula is C14H7ClN2S3. The standard InChI is InChI=1S/C14H7ClN2S3/c15-12-11-9(8-3-5-18-6-8)7-20-14(11)17-13(16-12)10-2-1-4-19-10/h1-7H. The summed E-state index contributed by atoms with van der Waals surface area (Å²) in [5, 5.41) is 9.78. The van der Waals surface area contributed by atoms with Crippen LogP contribution in [0, 0.1) is 0 Å². The van der Waals surface area contributed by atoms with Gasteiger partial charge >= 0.3 is 0 Å². The van der Waals surface area contributed by atoms with Crippen LogP contribution in [0.4, 0.5) is 0 Å². The summed E-state index contributed by atoms with van der Waals surface area (Å²) in [5.41, 5.74) is 2.30. The Morgan fingerprint density at radius 2 is 1.95 bits per heavy atom. The molecule has 4 rings (SSSR count). The van der Waals surface area contributed by atoms with Crippen LogP contribution in [0.15, 0.2) is 39.7 Å². The largest absolute Gasteiger partial charge is 0.216 e. The van der Waals surface area contributed by atoms with E-state index in [1.165, 1.54) is 5.56 Å². The zero-order valence-electron chi connectivity index (χ0n) is 10.0. The molecule has 98 valence electrons. The number of hydrogen-bond acceptors (Lipinski definition) is 5. The van der Waals surface area contributed by atoms with Crippen LogP contribution in [0.5, 0.6) is 0 Å². The molecule has 0 N–H and O–H groups in total. The molecule has 4 heterocycles. The number of rotatable bonds is 2. The van der Waals surface area contributed by atoms with E-state index in [-0.39, 0.29) is 0 Å². The minimum Gasteiger partial charge on any atom is -0.216 e. The summed E-state index contributed by atoms with van der Waals surface area (Å²) in [6.45, 7) is 0. The second kappa shape index (κ2) is 4.93. The number of nitrogens with zero attached hydrogens (tertiary/aromatic N) is 2. The Labute approximate surface area is 132 Å². The van der Waals surface area contributed by atoms with Gasteiger partial charge in [0.15, 0.2) is 5.82 Å². The normalized spacial score (nSPS) is 11.2. The van der Waals surface area contributed by atoms with Crippen LogP contribution < -0.4 is 0 Å². The second-order valence-corrected chi connectivity index (χ2v) is 7.10. The lowest BCUT2D eigenvalue weighted by Gasteiger charge is -2.01. The van der Waals surface area contributed by atoms with E-state index in [2.05, 4.69) is 32.2 Å². The first-order valence-electron chi connectivity index (χ1n) is 5.84. The average molecular weight is 335 g/mol. The van der Waals surface area contributed by atoms with Crippen LogP contribution in [-0.2, 0) is 0 Å². The number of halogens is 1. The Balaban J connectivity index is 1.96. The second-order valence-electron chi connectivity index (χ2n) is 4.16. The zero-order valence-corrected chi connectivity index (χ0v) is 13.2. The molecule has 0 atom stereocenters.